The maximum Gasteiger partial charge on any atom is 0.352 e. The van der Waals surface area contributed by atoms with E-state index in [-0.39, 0.29) is 34.7 Å². The lowest BCUT2D eigenvalue weighted by Crippen LogP contribution is -2.72. The van der Waals surface area contributed by atoms with Gasteiger partial charge in [-0.25, -0.2) is 4.79 Å². The summed E-state index contributed by atoms with van der Waals surface area (Å²) in [7, 11) is 0. The zero-order valence-electron chi connectivity index (χ0n) is 19.6. The standard InChI is InChI=1S/C23H21N7O7S/c24-23-26-18(28-38-23)16(27-37)19(32)25-15-14-6-1-10(17(22(35)36)30(14)21(15)34)9-11-7-8-29(20(11)33)12-2-4-13(31)5-3-12/h2-5,9,14-15,31,37H,1,6-8H2,(H,25,32)(H,35,36)(H2,24,26,28)/t14-,15+/m1/s1. The van der Waals surface area contributed by atoms with E-state index in [2.05, 4.69) is 19.8 Å². The average Bonchev–Trinajstić information content (AvgIpc) is 3.48. The third-order valence-corrected chi connectivity index (χ3v) is 7.11. The van der Waals surface area contributed by atoms with Gasteiger partial charge in [0.05, 0.1) is 6.04 Å². The molecule has 0 bridgehead atoms. The minimum absolute atomic E-state index is 0.0527. The van der Waals surface area contributed by atoms with Crippen LogP contribution in [0, 0.1) is 0 Å². The molecule has 2 atom stereocenters. The van der Waals surface area contributed by atoms with Crippen LogP contribution in [-0.4, -0.2) is 77.7 Å². The van der Waals surface area contributed by atoms with Crippen LogP contribution < -0.4 is 16.0 Å². The zero-order chi connectivity index (χ0) is 27.1. The van der Waals surface area contributed by atoms with E-state index in [1.54, 1.807) is 12.1 Å². The summed E-state index contributed by atoms with van der Waals surface area (Å²) in [5.74, 6) is -3.32. The molecule has 3 aliphatic rings. The fraction of sp³-hybridized carbons (Fsp3) is 0.261. The number of carboxylic acids is 1. The third kappa shape index (κ3) is 4.21. The summed E-state index contributed by atoms with van der Waals surface area (Å²) in [4.78, 5) is 57.2. The van der Waals surface area contributed by atoms with Gasteiger partial charge in [0, 0.05) is 29.3 Å². The van der Waals surface area contributed by atoms with Gasteiger partial charge < -0.3 is 31.4 Å². The predicted molar refractivity (Wildman–Crippen MR) is 132 cm³/mol. The number of aromatic hydroxyl groups is 1. The molecule has 196 valence electrons. The van der Waals surface area contributed by atoms with E-state index in [0.29, 0.717) is 36.2 Å². The topological polar surface area (TPSA) is 212 Å². The molecule has 2 fully saturated rings. The molecule has 14 nitrogen and oxygen atoms in total. The first kappa shape index (κ1) is 24.9. The molecule has 6 N–H and O–H groups in total. The molecule has 2 aromatic rings. The Balaban J connectivity index is 1.35. The summed E-state index contributed by atoms with van der Waals surface area (Å²) in [6.45, 7) is 0.388. The normalized spacial score (nSPS) is 22.5. The van der Waals surface area contributed by atoms with Crippen LogP contribution in [0.15, 0.2) is 52.3 Å². The van der Waals surface area contributed by atoms with Crippen molar-refractivity contribution in [2.75, 3.05) is 17.2 Å². The Morgan fingerprint density at radius 1 is 1.21 bits per heavy atom. The van der Waals surface area contributed by atoms with E-state index in [0.717, 1.165) is 16.4 Å². The van der Waals surface area contributed by atoms with Crippen molar-refractivity contribution in [3.05, 3.63) is 53.0 Å². The number of phenols is 1. The van der Waals surface area contributed by atoms with E-state index in [4.69, 9.17) is 5.73 Å². The Kier molecular flexibility index (Phi) is 6.28. The Bertz CT molecular complexity index is 1450. The SMILES string of the molecule is Nc1nc(C(=NO)C(=O)N[C@@H]2C(=O)N3C(C(=O)O)=C(C=C4CCN(c5ccc(O)cc5)C4=O)CC[C@H]23)ns1. The first-order chi connectivity index (χ1) is 18.2. The fourth-order valence-corrected chi connectivity index (χ4v) is 5.24. The minimum atomic E-state index is -1.33. The number of nitrogens with two attached hydrogens (primary N) is 1. The Hall–Kier alpha value is -4.79. The number of nitrogens with zero attached hydrogens (tertiary/aromatic N) is 5. The lowest BCUT2D eigenvalue weighted by molar-refractivity contribution is -0.155. The van der Waals surface area contributed by atoms with Gasteiger partial charge in [0.2, 0.25) is 11.5 Å². The number of oxime groups is 1. The van der Waals surface area contributed by atoms with Crippen LogP contribution in [0.5, 0.6) is 5.75 Å². The highest BCUT2D eigenvalue weighted by atomic mass is 32.1. The number of amides is 3. The van der Waals surface area contributed by atoms with Crippen LogP contribution in [0.1, 0.15) is 25.1 Å². The van der Waals surface area contributed by atoms with Crippen molar-refractivity contribution >= 4 is 51.8 Å². The third-order valence-electron chi connectivity index (χ3n) is 6.57. The van der Waals surface area contributed by atoms with Crippen molar-refractivity contribution < 1.29 is 34.6 Å². The molecule has 1 aromatic carbocycles. The number of aliphatic carboxylic acids is 1. The van der Waals surface area contributed by atoms with Crippen LogP contribution >= 0.6 is 11.5 Å². The summed E-state index contributed by atoms with van der Waals surface area (Å²) in [6, 6.07) is 4.49. The number of anilines is 2. The number of fused-ring (bicyclic) bond motifs is 1. The van der Waals surface area contributed by atoms with Gasteiger partial charge in [0.15, 0.2) is 5.13 Å². The Morgan fingerprint density at radius 2 is 1.95 bits per heavy atom. The number of rotatable bonds is 6. The summed E-state index contributed by atoms with van der Waals surface area (Å²) in [6.07, 6.45) is 2.49. The molecular formula is C23H21N7O7S. The second-order valence-corrected chi connectivity index (χ2v) is 9.53. The molecule has 1 aromatic heterocycles. The largest absolute Gasteiger partial charge is 0.508 e. The maximum atomic E-state index is 13.0. The molecule has 4 heterocycles. The quantitative estimate of drug-likeness (QED) is 0.111. The van der Waals surface area contributed by atoms with Crippen molar-refractivity contribution in [2.45, 2.75) is 31.3 Å². The molecule has 0 unspecified atom stereocenters. The van der Waals surface area contributed by atoms with Gasteiger partial charge in [0.1, 0.15) is 17.5 Å². The number of hydrogen-bond donors (Lipinski definition) is 5. The number of allylic oxidation sites excluding steroid dienone is 2. The first-order valence-corrected chi connectivity index (χ1v) is 12.2. The van der Waals surface area contributed by atoms with Crippen LogP contribution in [0.2, 0.25) is 0 Å². The Labute approximate surface area is 218 Å². The number of carboxylic acid groups (broad SMARTS) is 1. The van der Waals surface area contributed by atoms with Crippen molar-refractivity contribution in [1.29, 1.82) is 0 Å². The zero-order valence-corrected chi connectivity index (χ0v) is 20.4. The smallest absolute Gasteiger partial charge is 0.352 e. The number of hydrogen-bond acceptors (Lipinski definition) is 11. The molecule has 0 aliphatic carbocycles. The van der Waals surface area contributed by atoms with Gasteiger partial charge in [-0.15, -0.1) is 0 Å². The fourth-order valence-electron chi connectivity index (χ4n) is 4.80. The van der Waals surface area contributed by atoms with Crippen LogP contribution in [-0.2, 0) is 19.2 Å². The molecule has 15 heteroatoms. The van der Waals surface area contributed by atoms with E-state index in [1.165, 1.54) is 23.1 Å². The molecule has 3 amide bonds. The monoisotopic (exact) mass is 539 g/mol. The van der Waals surface area contributed by atoms with Gasteiger partial charge in [-0.1, -0.05) is 5.16 Å². The van der Waals surface area contributed by atoms with Gasteiger partial charge in [-0.2, -0.15) is 9.36 Å². The number of carbonyl (C=O) groups is 4. The highest BCUT2D eigenvalue weighted by Gasteiger charge is 2.53. The second-order valence-electron chi connectivity index (χ2n) is 8.74. The van der Waals surface area contributed by atoms with E-state index >= 15 is 0 Å². The second kappa shape index (κ2) is 9.59. The average molecular weight is 540 g/mol. The number of nitrogens with one attached hydrogen (secondary N) is 1. The number of aromatic nitrogens is 2. The molecule has 2 saturated heterocycles. The van der Waals surface area contributed by atoms with Gasteiger partial charge >= 0.3 is 5.97 Å². The number of carbonyl (C=O) groups excluding carboxylic acids is 3. The molecule has 0 spiro atoms. The molecule has 0 radical (unpaired) electrons. The predicted octanol–water partition coefficient (Wildman–Crippen LogP) is 0.196. The highest BCUT2D eigenvalue weighted by Crippen LogP contribution is 2.38. The molecule has 5 rings (SSSR count). The van der Waals surface area contributed by atoms with Crippen molar-refractivity contribution in [3.8, 4) is 5.75 Å². The first-order valence-electron chi connectivity index (χ1n) is 11.4. The van der Waals surface area contributed by atoms with Crippen LogP contribution in [0.4, 0.5) is 10.8 Å². The number of benzene rings is 1. The summed E-state index contributed by atoms with van der Waals surface area (Å²) < 4.78 is 3.81. The van der Waals surface area contributed by atoms with Gasteiger partial charge in [-0.3, -0.25) is 19.3 Å². The highest BCUT2D eigenvalue weighted by molar-refractivity contribution is 7.09. The number of nitrogen functional groups attached to an aromatic ring is 1. The summed E-state index contributed by atoms with van der Waals surface area (Å²) in [5, 5.41) is 34.1. The minimum Gasteiger partial charge on any atom is -0.508 e. The van der Waals surface area contributed by atoms with Gasteiger partial charge in [-0.05, 0) is 55.2 Å². The molecule has 3 aliphatic heterocycles. The van der Waals surface area contributed by atoms with E-state index < -0.39 is 35.6 Å². The van der Waals surface area contributed by atoms with Crippen LogP contribution in [0.25, 0.3) is 0 Å². The lowest BCUT2D eigenvalue weighted by Gasteiger charge is -2.50. The van der Waals surface area contributed by atoms with Crippen molar-refractivity contribution in [2.24, 2.45) is 5.16 Å². The number of β-lactam (4-membered cyclic amide) rings is 1. The Morgan fingerprint density at radius 3 is 2.58 bits per heavy atom. The summed E-state index contributed by atoms with van der Waals surface area (Å²) in [5.41, 5.74) is 6.07. The molecule has 38 heavy (non-hydrogen) atoms. The number of phenolic OH excluding ortho intramolecular Hbond substituents is 1. The summed E-state index contributed by atoms with van der Waals surface area (Å²) >= 11 is 0.795. The van der Waals surface area contributed by atoms with E-state index in [1.807, 2.05) is 0 Å². The van der Waals surface area contributed by atoms with Crippen LogP contribution in [0.3, 0.4) is 0 Å². The van der Waals surface area contributed by atoms with E-state index in [9.17, 15) is 34.6 Å². The van der Waals surface area contributed by atoms with Crippen molar-refractivity contribution in [1.82, 2.24) is 19.6 Å². The maximum absolute atomic E-state index is 13.0. The molecular weight excluding hydrogens is 518 g/mol. The molecule has 0 saturated carbocycles. The lowest BCUT2D eigenvalue weighted by atomic mass is 9.83. The van der Waals surface area contributed by atoms with Gasteiger partial charge in [0.25, 0.3) is 17.7 Å². The van der Waals surface area contributed by atoms with Crippen molar-refractivity contribution in [3.63, 3.8) is 0 Å².